The van der Waals surface area contributed by atoms with Crippen molar-refractivity contribution in [2.75, 3.05) is 40.9 Å². The molecule has 454 valence electrons. The number of hydrogen-bond acceptors (Lipinski definition) is 6. The summed E-state index contributed by atoms with van der Waals surface area (Å²) in [6.45, 7) is 4.79. The number of likely N-dealkylation sites (N-methyl/N-ethyl adjacent to an activating group) is 1. The van der Waals surface area contributed by atoms with Gasteiger partial charge in [-0.3, -0.25) is 9.36 Å². The van der Waals surface area contributed by atoms with E-state index in [-0.39, 0.29) is 19.1 Å². The molecule has 0 aliphatic rings. The Balaban J connectivity index is 3.98. The summed E-state index contributed by atoms with van der Waals surface area (Å²) in [6.07, 6.45) is 74.3. The summed E-state index contributed by atoms with van der Waals surface area (Å²) >= 11 is 0. The molecule has 0 aromatic carbocycles. The van der Waals surface area contributed by atoms with E-state index >= 15 is 0 Å². The van der Waals surface area contributed by atoms with Gasteiger partial charge in [0.15, 0.2) is 0 Å². The molecule has 0 spiro atoms. The van der Waals surface area contributed by atoms with Gasteiger partial charge >= 0.3 is 0 Å². The van der Waals surface area contributed by atoms with E-state index in [1.807, 2.05) is 21.1 Å². The maximum atomic E-state index is 13.0. The summed E-state index contributed by atoms with van der Waals surface area (Å²) in [4.78, 5) is 25.6. The first-order valence-corrected chi connectivity index (χ1v) is 35.5. The number of unbranched alkanes of at least 4 members (excludes halogenated alkanes) is 49. The number of rotatable bonds is 64. The van der Waals surface area contributed by atoms with Gasteiger partial charge in [0.05, 0.1) is 39.9 Å². The number of allylic oxidation sites excluding steroid dienone is 2. The van der Waals surface area contributed by atoms with Gasteiger partial charge in [0.2, 0.25) is 5.91 Å². The average Bonchev–Trinajstić information content (AvgIpc) is 3.38. The molecule has 1 amide bonds. The van der Waals surface area contributed by atoms with Gasteiger partial charge in [-0.2, -0.15) is 0 Å². The molecule has 0 heterocycles. The third-order valence-electron chi connectivity index (χ3n) is 16.0. The molecular formula is C67H135N2O6P. The first kappa shape index (κ1) is 75.2. The highest BCUT2D eigenvalue weighted by atomic mass is 31.2. The molecule has 0 fully saturated rings. The van der Waals surface area contributed by atoms with Crippen LogP contribution in [0.4, 0.5) is 0 Å². The molecule has 0 aliphatic carbocycles. The second-order valence-corrected chi connectivity index (χ2v) is 26.3. The number of phosphoric ester groups is 1. The lowest BCUT2D eigenvalue weighted by Gasteiger charge is -2.30. The van der Waals surface area contributed by atoms with Crippen LogP contribution in [-0.2, 0) is 18.4 Å². The molecule has 0 rings (SSSR count). The molecule has 8 nitrogen and oxygen atoms in total. The first-order chi connectivity index (χ1) is 37.0. The highest BCUT2D eigenvalue weighted by molar-refractivity contribution is 7.45. The Morgan fingerprint density at radius 1 is 0.447 bits per heavy atom. The molecule has 0 saturated carbocycles. The Bertz CT molecular complexity index is 1240. The quantitative estimate of drug-likeness (QED) is 0.0272. The van der Waals surface area contributed by atoms with Crippen molar-refractivity contribution in [3.8, 4) is 0 Å². The smallest absolute Gasteiger partial charge is 0.268 e. The zero-order chi connectivity index (χ0) is 55.6. The minimum atomic E-state index is -4.57. The summed E-state index contributed by atoms with van der Waals surface area (Å²) in [7, 11) is 1.33. The summed E-state index contributed by atoms with van der Waals surface area (Å²) in [5.74, 6) is -0.156. The van der Waals surface area contributed by atoms with Crippen LogP contribution in [0.5, 0.6) is 0 Å². The molecule has 0 radical (unpaired) electrons. The normalized spacial score (nSPS) is 13.7. The second-order valence-electron chi connectivity index (χ2n) is 24.9. The molecular weight excluding hydrogens is 960 g/mol. The number of aliphatic hydroxyl groups excluding tert-OH is 1. The number of nitrogens with one attached hydrogen (secondary N) is 1. The number of carbonyl (C=O) groups is 1. The van der Waals surface area contributed by atoms with Crippen LogP contribution in [0, 0.1) is 0 Å². The zero-order valence-electron chi connectivity index (χ0n) is 52.0. The zero-order valence-corrected chi connectivity index (χ0v) is 52.9. The number of hydrogen-bond donors (Lipinski definition) is 2. The highest BCUT2D eigenvalue weighted by Crippen LogP contribution is 2.38. The Hall–Kier alpha value is -0.760. The maximum absolute atomic E-state index is 13.0. The maximum Gasteiger partial charge on any atom is 0.268 e. The fourth-order valence-corrected chi connectivity index (χ4v) is 11.4. The third-order valence-corrected chi connectivity index (χ3v) is 17.0. The van der Waals surface area contributed by atoms with Gasteiger partial charge in [0, 0.05) is 6.42 Å². The van der Waals surface area contributed by atoms with Crippen molar-refractivity contribution in [2.45, 2.75) is 373 Å². The van der Waals surface area contributed by atoms with Crippen molar-refractivity contribution in [1.82, 2.24) is 5.32 Å². The Morgan fingerprint density at radius 3 is 1.03 bits per heavy atom. The van der Waals surface area contributed by atoms with Gasteiger partial charge in [-0.25, -0.2) is 0 Å². The predicted octanol–water partition coefficient (Wildman–Crippen LogP) is 20.7. The third kappa shape index (κ3) is 60.9. The number of aliphatic hydroxyl groups is 1. The first-order valence-electron chi connectivity index (χ1n) is 34.0. The van der Waals surface area contributed by atoms with E-state index in [9.17, 15) is 19.4 Å². The van der Waals surface area contributed by atoms with Crippen LogP contribution in [0.2, 0.25) is 0 Å². The van der Waals surface area contributed by atoms with E-state index in [0.29, 0.717) is 23.9 Å². The lowest BCUT2D eigenvalue weighted by Crippen LogP contribution is -2.46. The van der Waals surface area contributed by atoms with Crippen molar-refractivity contribution in [1.29, 1.82) is 0 Å². The predicted molar refractivity (Wildman–Crippen MR) is 330 cm³/mol. The standard InChI is InChI=1S/C67H135N2O6P/c1-6-8-10-12-14-16-18-20-22-24-26-28-29-30-31-32-33-34-35-36-37-38-39-41-43-45-47-49-51-53-55-57-59-61-67(71)68-65(64-75-76(72,73)74-63-62-69(3,4)5)66(70)60-58-56-54-52-50-48-46-44-42-40-27-25-23-21-19-17-15-13-11-9-7-2/h30-31,65-66,70H,6-29,32-64H2,1-5H3,(H-,68,71,72,73)/b31-30-. The van der Waals surface area contributed by atoms with E-state index in [1.165, 1.54) is 295 Å². The second kappa shape index (κ2) is 58.9. The molecule has 0 aromatic rings. The van der Waals surface area contributed by atoms with Crippen molar-refractivity contribution in [3.63, 3.8) is 0 Å². The van der Waals surface area contributed by atoms with Crippen LogP contribution in [0.3, 0.4) is 0 Å². The van der Waals surface area contributed by atoms with Gasteiger partial charge in [0.25, 0.3) is 7.82 Å². The number of amides is 1. The van der Waals surface area contributed by atoms with Gasteiger partial charge in [-0.05, 0) is 38.5 Å². The van der Waals surface area contributed by atoms with Crippen LogP contribution in [-0.4, -0.2) is 68.5 Å². The Morgan fingerprint density at radius 2 is 0.724 bits per heavy atom. The Labute approximate surface area is 475 Å². The number of phosphoric acid groups is 1. The molecule has 0 aromatic heterocycles. The van der Waals surface area contributed by atoms with Gasteiger partial charge < -0.3 is 28.8 Å². The van der Waals surface area contributed by atoms with Gasteiger partial charge in [-0.1, -0.05) is 328 Å². The van der Waals surface area contributed by atoms with Crippen molar-refractivity contribution in [3.05, 3.63) is 12.2 Å². The van der Waals surface area contributed by atoms with Crippen molar-refractivity contribution in [2.24, 2.45) is 0 Å². The van der Waals surface area contributed by atoms with Gasteiger partial charge in [-0.15, -0.1) is 0 Å². The molecule has 3 unspecified atom stereocenters. The summed E-state index contributed by atoms with van der Waals surface area (Å²) < 4.78 is 23.5. The van der Waals surface area contributed by atoms with E-state index in [4.69, 9.17) is 9.05 Å². The van der Waals surface area contributed by atoms with Crippen LogP contribution >= 0.6 is 7.82 Å². The van der Waals surface area contributed by atoms with Crippen LogP contribution in [0.1, 0.15) is 361 Å². The average molecular weight is 1100 g/mol. The summed E-state index contributed by atoms with van der Waals surface area (Å²) in [5.41, 5.74) is 0. The fourth-order valence-electron chi connectivity index (χ4n) is 10.7. The van der Waals surface area contributed by atoms with Crippen molar-refractivity contribution >= 4 is 13.7 Å². The van der Waals surface area contributed by atoms with Crippen LogP contribution in [0.25, 0.3) is 0 Å². The molecule has 9 heteroatoms. The van der Waals surface area contributed by atoms with Gasteiger partial charge in [0.1, 0.15) is 13.2 Å². The molecule has 0 bridgehead atoms. The number of carbonyl (C=O) groups excluding carboxylic acids is 1. The number of quaternary nitrogens is 1. The number of nitrogens with zero attached hydrogens (tertiary/aromatic N) is 1. The summed E-state index contributed by atoms with van der Waals surface area (Å²) in [6, 6.07) is -0.798. The Kier molecular flexibility index (Phi) is 58.3. The van der Waals surface area contributed by atoms with E-state index < -0.39 is 20.0 Å². The monoisotopic (exact) mass is 1100 g/mol. The molecule has 0 saturated heterocycles. The molecule has 76 heavy (non-hydrogen) atoms. The van der Waals surface area contributed by atoms with E-state index in [0.717, 1.165) is 38.5 Å². The molecule has 0 aliphatic heterocycles. The summed E-state index contributed by atoms with van der Waals surface area (Å²) in [5, 5.41) is 14.1. The minimum Gasteiger partial charge on any atom is -0.756 e. The van der Waals surface area contributed by atoms with E-state index in [2.05, 4.69) is 31.3 Å². The largest absolute Gasteiger partial charge is 0.756 e. The molecule has 3 atom stereocenters. The van der Waals surface area contributed by atoms with Crippen molar-refractivity contribution < 1.29 is 32.9 Å². The SMILES string of the molecule is CCCCCCCCCCCCCC/C=C\CCCCCCCCCCCCCCCCCCCC(=O)NC(COP(=O)([O-])OCC[N+](C)(C)C)C(O)CCCCCCCCCCCCCCCCCCCCCCC. The lowest BCUT2D eigenvalue weighted by atomic mass is 10.0. The van der Waals surface area contributed by atoms with Crippen LogP contribution in [0.15, 0.2) is 12.2 Å². The highest BCUT2D eigenvalue weighted by Gasteiger charge is 2.24. The lowest BCUT2D eigenvalue weighted by molar-refractivity contribution is -0.870. The van der Waals surface area contributed by atoms with Crippen LogP contribution < -0.4 is 10.2 Å². The van der Waals surface area contributed by atoms with E-state index in [1.54, 1.807) is 0 Å². The minimum absolute atomic E-state index is 0.0157. The molecule has 2 N–H and O–H groups in total. The fraction of sp³-hybridized carbons (Fsp3) is 0.955. The topological polar surface area (TPSA) is 108 Å².